The molecule has 0 aromatic heterocycles. The number of hydrogen-bond donors (Lipinski definition) is 2. The van der Waals surface area contributed by atoms with E-state index in [1.54, 1.807) is 0 Å². The second-order valence-electron chi connectivity index (χ2n) is 7.41. The molecule has 0 spiro atoms. The summed E-state index contributed by atoms with van der Waals surface area (Å²) in [6.45, 7) is 2.60. The summed E-state index contributed by atoms with van der Waals surface area (Å²) in [5.41, 5.74) is 3.17. The highest BCUT2D eigenvalue weighted by atomic mass is 35.5. The van der Waals surface area contributed by atoms with E-state index in [1.807, 2.05) is 91.0 Å². The van der Waals surface area contributed by atoms with Gasteiger partial charge in [0.2, 0.25) is 0 Å². The number of epoxide rings is 1. The van der Waals surface area contributed by atoms with Crippen LogP contribution in [0.4, 0.5) is 0 Å². The largest absolute Gasteiger partial charge is 0.392 e. The molecule has 0 saturated carbocycles. The van der Waals surface area contributed by atoms with E-state index >= 15 is 0 Å². The molecule has 3 aromatic carbocycles. The fourth-order valence-corrected chi connectivity index (χ4v) is 2.74. The van der Waals surface area contributed by atoms with E-state index in [0.29, 0.717) is 25.2 Å². The van der Waals surface area contributed by atoms with Crippen LogP contribution in [0.1, 0.15) is 16.7 Å². The van der Waals surface area contributed by atoms with Crippen LogP contribution in [0, 0.1) is 0 Å². The number of halogens is 1. The topological polar surface area (TPSA) is 71.5 Å². The highest BCUT2D eigenvalue weighted by molar-refractivity contribution is 6.18. The molecule has 0 radical (unpaired) electrons. The van der Waals surface area contributed by atoms with E-state index in [0.717, 1.165) is 23.3 Å². The van der Waals surface area contributed by atoms with Crippen LogP contribution in [0.2, 0.25) is 0 Å². The minimum atomic E-state index is -0.595. The van der Waals surface area contributed by atoms with Crippen LogP contribution >= 0.6 is 11.6 Å². The summed E-state index contributed by atoms with van der Waals surface area (Å²) >= 11 is 5.27. The van der Waals surface area contributed by atoms with Gasteiger partial charge in [0.25, 0.3) is 0 Å². The summed E-state index contributed by atoms with van der Waals surface area (Å²) in [6, 6.07) is 29.3. The predicted molar refractivity (Wildman–Crippen MR) is 131 cm³/mol. The Bertz CT molecular complexity index is 783. The predicted octanol–water partition coefficient (Wildman–Crippen LogP) is 4.58. The van der Waals surface area contributed by atoms with E-state index in [4.69, 9.17) is 30.9 Å². The number of aliphatic hydroxyl groups is 2. The van der Waals surface area contributed by atoms with Gasteiger partial charge in [0.15, 0.2) is 0 Å². The molecule has 1 aliphatic heterocycles. The Morgan fingerprint density at radius 1 is 0.758 bits per heavy atom. The van der Waals surface area contributed by atoms with E-state index in [-0.39, 0.29) is 19.8 Å². The van der Waals surface area contributed by atoms with Crippen molar-refractivity contribution in [1.29, 1.82) is 0 Å². The van der Waals surface area contributed by atoms with Crippen molar-refractivity contribution in [2.24, 2.45) is 0 Å². The fraction of sp³-hybridized carbons (Fsp3) is 0.333. The Kier molecular flexibility index (Phi) is 14.1. The van der Waals surface area contributed by atoms with Gasteiger partial charge in [-0.1, -0.05) is 91.0 Å². The molecule has 3 aromatic rings. The number of benzene rings is 3. The number of ether oxygens (including phenoxy) is 3. The van der Waals surface area contributed by atoms with Gasteiger partial charge in [-0.3, -0.25) is 0 Å². The van der Waals surface area contributed by atoms with E-state index < -0.39 is 6.10 Å². The Morgan fingerprint density at radius 2 is 1.15 bits per heavy atom. The Hall–Kier alpha value is -2.25. The van der Waals surface area contributed by atoms with Crippen LogP contribution in [0.15, 0.2) is 91.0 Å². The molecule has 33 heavy (non-hydrogen) atoms. The van der Waals surface area contributed by atoms with Gasteiger partial charge in [0, 0.05) is 0 Å². The Morgan fingerprint density at radius 3 is 1.42 bits per heavy atom. The third-order valence-corrected chi connectivity index (χ3v) is 4.79. The Balaban J connectivity index is 0.000000240. The smallest absolute Gasteiger partial charge is 0.101 e. The van der Waals surface area contributed by atoms with Gasteiger partial charge in [-0.2, -0.15) is 0 Å². The van der Waals surface area contributed by atoms with Crippen molar-refractivity contribution in [2.45, 2.75) is 32.0 Å². The van der Waals surface area contributed by atoms with Gasteiger partial charge < -0.3 is 24.4 Å². The fourth-order valence-electron chi connectivity index (χ4n) is 2.56. The average molecular weight is 473 g/mol. The first-order chi connectivity index (χ1) is 16.2. The summed E-state index contributed by atoms with van der Waals surface area (Å²) in [7, 11) is 0. The highest BCUT2D eigenvalue weighted by Gasteiger charge is 2.19. The molecule has 2 N–H and O–H groups in total. The summed E-state index contributed by atoms with van der Waals surface area (Å²) in [5.74, 6) is 0.667. The van der Waals surface area contributed by atoms with Gasteiger partial charge in [-0.05, 0) is 16.7 Å². The zero-order valence-corrected chi connectivity index (χ0v) is 19.5. The molecular weight excluding hydrogens is 440 g/mol. The number of hydrogen-bond acceptors (Lipinski definition) is 5. The van der Waals surface area contributed by atoms with Gasteiger partial charge in [0.1, 0.15) is 6.10 Å². The minimum Gasteiger partial charge on any atom is -0.392 e. The van der Waals surface area contributed by atoms with Crippen molar-refractivity contribution < 1.29 is 24.4 Å². The SMILES string of the molecule is ClCC1CO1.OC(COCc1ccccc1)COCc1ccccc1.OCc1ccccc1. The lowest BCUT2D eigenvalue weighted by Gasteiger charge is -2.12. The molecule has 0 bridgehead atoms. The van der Waals surface area contributed by atoms with Crippen molar-refractivity contribution in [2.75, 3.05) is 25.7 Å². The van der Waals surface area contributed by atoms with Crippen molar-refractivity contribution in [3.8, 4) is 0 Å². The van der Waals surface area contributed by atoms with Crippen molar-refractivity contribution in [3.63, 3.8) is 0 Å². The minimum absolute atomic E-state index is 0.140. The zero-order chi connectivity index (χ0) is 23.6. The first-order valence-corrected chi connectivity index (χ1v) is 11.5. The van der Waals surface area contributed by atoms with Crippen LogP contribution < -0.4 is 0 Å². The first kappa shape index (κ1) is 27.0. The normalized spacial score (nSPS) is 14.0. The van der Waals surface area contributed by atoms with Crippen molar-refractivity contribution in [1.82, 2.24) is 0 Å². The molecule has 1 saturated heterocycles. The molecule has 1 fully saturated rings. The third-order valence-electron chi connectivity index (χ3n) is 4.44. The van der Waals surface area contributed by atoms with Crippen LogP contribution in [0.5, 0.6) is 0 Å². The van der Waals surface area contributed by atoms with E-state index in [2.05, 4.69) is 0 Å². The van der Waals surface area contributed by atoms with Crippen LogP contribution in [0.3, 0.4) is 0 Å². The molecule has 0 aliphatic carbocycles. The molecule has 1 unspecified atom stereocenters. The molecule has 4 rings (SSSR count). The van der Waals surface area contributed by atoms with E-state index in [1.165, 1.54) is 0 Å². The van der Waals surface area contributed by atoms with Gasteiger partial charge in [0.05, 0.1) is 51.6 Å². The molecular formula is C27H33ClO5. The molecule has 1 heterocycles. The van der Waals surface area contributed by atoms with Crippen LogP contribution in [-0.2, 0) is 34.0 Å². The molecule has 178 valence electrons. The maximum Gasteiger partial charge on any atom is 0.101 e. The number of aliphatic hydroxyl groups excluding tert-OH is 2. The van der Waals surface area contributed by atoms with Gasteiger partial charge in [-0.25, -0.2) is 0 Å². The molecule has 5 nitrogen and oxygen atoms in total. The Labute approximate surface area is 201 Å². The zero-order valence-electron chi connectivity index (χ0n) is 18.8. The van der Waals surface area contributed by atoms with Gasteiger partial charge >= 0.3 is 0 Å². The lowest BCUT2D eigenvalue weighted by molar-refractivity contribution is -0.0276. The summed E-state index contributed by atoms with van der Waals surface area (Å²) < 4.78 is 15.6. The second-order valence-corrected chi connectivity index (χ2v) is 7.72. The van der Waals surface area contributed by atoms with Crippen LogP contribution in [-0.4, -0.2) is 48.1 Å². The first-order valence-electron chi connectivity index (χ1n) is 10.9. The second kappa shape index (κ2) is 17.3. The molecule has 1 aliphatic rings. The standard InChI is InChI=1S/C17H20O3.C7H8O.C3H5ClO/c18-17(13-19-11-15-7-3-1-4-8-15)14-20-12-16-9-5-2-6-10-16;8-6-7-4-2-1-3-5-7;4-1-3-2-5-3/h1-10,17-18H,11-14H2;1-5,8H,6H2;3H,1-2H2. The van der Waals surface area contributed by atoms with Crippen LogP contribution in [0.25, 0.3) is 0 Å². The van der Waals surface area contributed by atoms with Gasteiger partial charge in [-0.15, -0.1) is 11.6 Å². The maximum absolute atomic E-state index is 9.76. The quantitative estimate of drug-likeness (QED) is 0.334. The van der Waals surface area contributed by atoms with Crippen molar-refractivity contribution in [3.05, 3.63) is 108 Å². The number of alkyl halides is 1. The molecule has 1 atom stereocenters. The lowest BCUT2D eigenvalue weighted by Crippen LogP contribution is -2.21. The molecule has 6 heteroatoms. The monoisotopic (exact) mass is 472 g/mol. The third kappa shape index (κ3) is 13.8. The summed E-state index contributed by atoms with van der Waals surface area (Å²) in [4.78, 5) is 0. The summed E-state index contributed by atoms with van der Waals surface area (Å²) in [5, 5.41) is 18.3. The lowest BCUT2D eigenvalue weighted by atomic mass is 10.2. The average Bonchev–Trinajstić information content (AvgIpc) is 3.72. The maximum atomic E-state index is 9.76. The molecule has 0 amide bonds. The number of rotatable bonds is 10. The summed E-state index contributed by atoms with van der Waals surface area (Å²) in [6.07, 6.45) is -0.195. The van der Waals surface area contributed by atoms with Crippen molar-refractivity contribution >= 4 is 11.6 Å². The highest BCUT2D eigenvalue weighted by Crippen LogP contribution is 2.08. The van der Waals surface area contributed by atoms with E-state index in [9.17, 15) is 5.11 Å².